The highest BCUT2D eigenvalue weighted by molar-refractivity contribution is 6.39. The van der Waals surface area contributed by atoms with Crippen molar-refractivity contribution in [3.05, 3.63) is 23.3 Å². The van der Waals surface area contributed by atoms with Crippen LogP contribution in [-0.2, 0) is 42.9 Å². The van der Waals surface area contributed by atoms with E-state index in [1.807, 2.05) is 32.9 Å². The van der Waals surface area contributed by atoms with Gasteiger partial charge in [-0.1, -0.05) is 45.4 Å². The van der Waals surface area contributed by atoms with E-state index in [9.17, 15) is 34.5 Å². The first-order valence-corrected chi connectivity index (χ1v) is 19.8. The number of amides is 1. The van der Waals surface area contributed by atoms with Crippen LogP contribution in [0.2, 0.25) is 0 Å². The Labute approximate surface area is 320 Å². The normalized spacial score (nSPS) is 42.4. The second-order valence-electron chi connectivity index (χ2n) is 16.4. The van der Waals surface area contributed by atoms with E-state index in [-0.39, 0.29) is 49.5 Å². The Bertz CT molecular complexity index is 1400. The Kier molecular flexibility index (Phi) is 15.6. The lowest BCUT2D eigenvalue weighted by Gasteiger charge is -2.47. The SMILES string of the molecule is CO[C@H]1C[C@@H](C)/C(C)=C/[C@@H](C)C(=O)C[C@H](O)[C@@H](C)[C@@H](/C(C)=C/[C@H]2CC[C@@H](O)[C@H](OC)C2)OC(=O)[C@@H]2CCCCN2C(=O)C(=O)[C@]2(O)O[C@H]1[C@@H](OC)C[C@H]2C. The van der Waals surface area contributed by atoms with Gasteiger partial charge in [0.2, 0.25) is 5.79 Å². The molecule has 2 bridgehead atoms. The predicted molar refractivity (Wildman–Crippen MR) is 199 cm³/mol. The van der Waals surface area contributed by atoms with Crippen LogP contribution in [0, 0.1) is 29.6 Å². The van der Waals surface area contributed by atoms with Gasteiger partial charge in [-0.15, -0.1) is 0 Å². The minimum absolute atomic E-state index is 0.00190. The molecular formula is C41H65NO12. The summed E-state index contributed by atoms with van der Waals surface area (Å²) in [4.78, 5) is 57.2. The molecule has 0 aromatic heterocycles. The maximum atomic E-state index is 14.2. The van der Waals surface area contributed by atoms with Gasteiger partial charge >= 0.3 is 5.97 Å². The van der Waals surface area contributed by atoms with Crippen molar-refractivity contribution in [1.29, 1.82) is 0 Å². The van der Waals surface area contributed by atoms with Gasteiger partial charge < -0.3 is 43.9 Å². The van der Waals surface area contributed by atoms with Crippen molar-refractivity contribution < 1.29 is 58.2 Å². The van der Waals surface area contributed by atoms with Gasteiger partial charge in [0.25, 0.3) is 11.7 Å². The third kappa shape index (κ3) is 9.88. The first-order valence-electron chi connectivity index (χ1n) is 19.8. The number of ketones is 2. The highest BCUT2D eigenvalue weighted by Crippen LogP contribution is 2.39. The summed E-state index contributed by atoms with van der Waals surface area (Å²) in [5.74, 6) is -7.83. The van der Waals surface area contributed by atoms with Crippen molar-refractivity contribution in [2.45, 2.75) is 154 Å². The minimum atomic E-state index is -2.51. The summed E-state index contributed by atoms with van der Waals surface area (Å²) in [7, 11) is 4.58. The molecule has 14 atom stereocenters. The molecule has 1 saturated carbocycles. The number of allylic oxidation sites excluding steroid dienone is 3. The number of hydrogen-bond acceptors (Lipinski definition) is 12. The van der Waals surface area contributed by atoms with E-state index >= 15 is 0 Å². The smallest absolute Gasteiger partial charge is 0.329 e. The fourth-order valence-electron chi connectivity index (χ4n) is 8.73. The van der Waals surface area contributed by atoms with Gasteiger partial charge in [0, 0.05) is 52.0 Å². The molecule has 3 N–H and O–H groups in total. The van der Waals surface area contributed by atoms with Crippen LogP contribution in [0.25, 0.3) is 0 Å². The van der Waals surface area contributed by atoms with Gasteiger partial charge in [0.1, 0.15) is 24.0 Å². The molecule has 3 fully saturated rings. The monoisotopic (exact) mass is 763 g/mol. The molecule has 0 unspecified atom stereocenters. The molecule has 1 aliphatic carbocycles. The molecule has 13 heteroatoms. The first kappa shape index (κ1) is 44.2. The zero-order valence-electron chi connectivity index (χ0n) is 33.7. The van der Waals surface area contributed by atoms with Crippen LogP contribution >= 0.6 is 0 Å². The summed E-state index contributed by atoms with van der Waals surface area (Å²) >= 11 is 0. The van der Waals surface area contributed by atoms with E-state index in [1.165, 1.54) is 19.1 Å². The highest BCUT2D eigenvalue weighted by Gasteiger charge is 2.56. The van der Waals surface area contributed by atoms with Crippen molar-refractivity contribution in [3.63, 3.8) is 0 Å². The largest absolute Gasteiger partial charge is 0.456 e. The quantitative estimate of drug-likeness (QED) is 0.211. The lowest BCUT2D eigenvalue weighted by atomic mass is 9.81. The number of piperidine rings is 1. The van der Waals surface area contributed by atoms with Crippen molar-refractivity contribution in [1.82, 2.24) is 4.90 Å². The number of Topliss-reactive ketones (excluding diaryl/α,β-unsaturated/α-hetero) is 2. The van der Waals surface area contributed by atoms with Gasteiger partial charge in [-0.2, -0.15) is 0 Å². The van der Waals surface area contributed by atoms with Crippen molar-refractivity contribution >= 4 is 23.4 Å². The van der Waals surface area contributed by atoms with Gasteiger partial charge in [0.15, 0.2) is 0 Å². The third-order valence-corrected chi connectivity index (χ3v) is 12.6. The topological polar surface area (TPSA) is 178 Å². The van der Waals surface area contributed by atoms with Crippen LogP contribution < -0.4 is 0 Å². The van der Waals surface area contributed by atoms with E-state index in [0.29, 0.717) is 44.1 Å². The number of esters is 1. The van der Waals surface area contributed by atoms with Crippen LogP contribution in [0.5, 0.6) is 0 Å². The summed E-state index contributed by atoms with van der Waals surface area (Å²) in [6.45, 7) is 10.9. The Hall–Kier alpha value is -2.52. The van der Waals surface area contributed by atoms with Crippen LogP contribution in [0.15, 0.2) is 23.3 Å². The molecule has 1 amide bonds. The van der Waals surface area contributed by atoms with Gasteiger partial charge in [-0.05, 0) is 82.6 Å². The molecule has 4 aliphatic rings. The maximum absolute atomic E-state index is 14.2. The van der Waals surface area contributed by atoms with E-state index in [1.54, 1.807) is 27.9 Å². The van der Waals surface area contributed by atoms with E-state index in [2.05, 4.69) is 0 Å². The lowest BCUT2D eigenvalue weighted by Crippen LogP contribution is -2.64. The number of carbonyl (C=O) groups excluding carboxylic acids is 4. The summed E-state index contributed by atoms with van der Waals surface area (Å²) in [5.41, 5.74) is 1.57. The number of ether oxygens (including phenoxy) is 5. The molecule has 54 heavy (non-hydrogen) atoms. The lowest BCUT2D eigenvalue weighted by molar-refractivity contribution is -0.302. The molecule has 2 saturated heterocycles. The number of cyclic esters (lactones) is 1. The fourth-order valence-corrected chi connectivity index (χ4v) is 8.73. The van der Waals surface area contributed by atoms with Gasteiger partial charge in [0.05, 0.1) is 30.5 Å². The van der Waals surface area contributed by atoms with E-state index in [4.69, 9.17) is 23.7 Å². The number of carbonyl (C=O) groups is 4. The molecule has 0 spiro atoms. The van der Waals surface area contributed by atoms with E-state index < -0.39 is 83.9 Å². The molecular weight excluding hydrogens is 698 g/mol. The molecule has 306 valence electrons. The highest BCUT2D eigenvalue weighted by atomic mass is 16.7. The second kappa shape index (κ2) is 19.1. The third-order valence-electron chi connectivity index (χ3n) is 12.6. The minimum Gasteiger partial charge on any atom is -0.456 e. The fraction of sp³-hybridized carbons (Fsp3) is 0.805. The molecule has 3 aliphatic heterocycles. The van der Waals surface area contributed by atoms with Gasteiger partial charge in [-0.25, -0.2) is 4.79 Å². The number of aliphatic hydroxyl groups is 3. The number of methoxy groups -OCH3 is 3. The Morgan fingerprint density at radius 2 is 1.54 bits per heavy atom. The molecule has 0 radical (unpaired) electrons. The zero-order chi connectivity index (χ0) is 40.1. The Balaban J connectivity index is 1.76. The van der Waals surface area contributed by atoms with Crippen LogP contribution in [0.3, 0.4) is 0 Å². The van der Waals surface area contributed by atoms with Crippen molar-refractivity contribution in [3.8, 4) is 0 Å². The number of rotatable bonds is 5. The molecule has 13 nitrogen and oxygen atoms in total. The molecule has 0 aromatic carbocycles. The predicted octanol–water partition coefficient (Wildman–Crippen LogP) is 3.69. The summed E-state index contributed by atoms with van der Waals surface area (Å²) in [6, 6.07) is -1.13. The Morgan fingerprint density at radius 1 is 0.889 bits per heavy atom. The number of aliphatic hydroxyl groups excluding tert-OH is 2. The Morgan fingerprint density at radius 3 is 2.19 bits per heavy atom. The number of fused-ring (bicyclic) bond motifs is 3. The summed E-state index contributed by atoms with van der Waals surface area (Å²) in [6.07, 6.45) is 2.23. The second-order valence-corrected chi connectivity index (χ2v) is 16.4. The van der Waals surface area contributed by atoms with Crippen LogP contribution in [-0.4, -0.2) is 126 Å². The summed E-state index contributed by atoms with van der Waals surface area (Å²) in [5, 5.41) is 33.9. The first-order chi connectivity index (χ1) is 25.5. The maximum Gasteiger partial charge on any atom is 0.329 e. The average molecular weight is 764 g/mol. The van der Waals surface area contributed by atoms with Crippen molar-refractivity contribution in [2.75, 3.05) is 27.9 Å². The average Bonchev–Trinajstić information content (AvgIpc) is 3.15. The standard InChI is InChI=1S/C41H65NO12/c1-22-16-24(3)31(44)21-32(45)27(6)36(25(4)17-28-13-14-30(43)33(20-28)50-7)53-40(48)29-12-10-11-15-42(29)39(47)38(46)41(49)26(5)19-35(52-9)37(54-41)34(51-8)18-23(22)2/h16-17,23-24,26-30,32-37,43,45,49H,10-15,18-21H2,1-9H3/b22-16+,25-17+/t23-,24-,26-,27-,28-,29+,30-,32+,33-,34+,35+,36-,37-,41-/m1/s1. The number of hydrogen-bond donors (Lipinski definition) is 3. The number of nitrogens with zero attached hydrogens (tertiary/aromatic N) is 1. The van der Waals surface area contributed by atoms with Crippen LogP contribution in [0.1, 0.15) is 99.3 Å². The molecule has 4 rings (SSSR count). The molecule has 3 heterocycles. The van der Waals surface area contributed by atoms with Gasteiger partial charge in [-0.3, -0.25) is 14.4 Å². The summed E-state index contributed by atoms with van der Waals surface area (Å²) < 4.78 is 29.6. The van der Waals surface area contributed by atoms with E-state index in [0.717, 1.165) is 5.57 Å². The van der Waals surface area contributed by atoms with Crippen LogP contribution in [0.4, 0.5) is 0 Å². The molecule has 0 aromatic rings. The van der Waals surface area contributed by atoms with Crippen molar-refractivity contribution in [2.24, 2.45) is 29.6 Å². The zero-order valence-corrected chi connectivity index (χ0v) is 33.7.